The van der Waals surface area contributed by atoms with Crippen LogP contribution in [0.15, 0.2) is 0 Å². The third kappa shape index (κ3) is 1.10. The van der Waals surface area contributed by atoms with Gasteiger partial charge in [0.15, 0.2) is 0 Å². The van der Waals surface area contributed by atoms with Gasteiger partial charge in [0.1, 0.15) is 5.41 Å². The van der Waals surface area contributed by atoms with Crippen molar-refractivity contribution < 1.29 is 19.4 Å². The van der Waals surface area contributed by atoms with Crippen LogP contribution in [0.25, 0.3) is 0 Å². The topological polar surface area (TPSA) is 55.8 Å². The first-order chi connectivity index (χ1) is 6.56. The fraction of sp³-hybridized carbons (Fsp3) is 0.900. The van der Waals surface area contributed by atoms with E-state index in [0.717, 1.165) is 0 Å². The van der Waals surface area contributed by atoms with Crippen molar-refractivity contribution in [2.45, 2.75) is 38.4 Å². The van der Waals surface area contributed by atoms with E-state index in [1.54, 1.807) is 6.92 Å². The summed E-state index contributed by atoms with van der Waals surface area (Å²) >= 11 is 0. The second-order valence-corrected chi connectivity index (χ2v) is 4.47. The molecule has 3 aliphatic rings. The molecule has 2 heterocycles. The summed E-state index contributed by atoms with van der Waals surface area (Å²) in [5.74, 6) is -0.214. The lowest BCUT2D eigenvalue weighted by molar-refractivity contribution is -0.161. The molecule has 1 aliphatic carbocycles. The Morgan fingerprint density at radius 3 is 2.79 bits per heavy atom. The van der Waals surface area contributed by atoms with Gasteiger partial charge in [0.2, 0.25) is 0 Å². The molecule has 0 aromatic heterocycles. The molecule has 2 aliphatic heterocycles. The first kappa shape index (κ1) is 9.93. The van der Waals surface area contributed by atoms with Gasteiger partial charge in [-0.25, -0.2) is 0 Å². The number of ether oxygens (including phenoxy) is 2. The van der Waals surface area contributed by atoms with Gasteiger partial charge in [0, 0.05) is 0 Å². The summed E-state index contributed by atoms with van der Waals surface area (Å²) in [5.41, 5.74) is -0.764. The summed E-state index contributed by atoms with van der Waals surface area (Å²) < 4.78 is 10.6. The molecular formula is C10H16O4. The number of carbonyl (C=O) groups is 1. The largest absolute Gasteiger partial charge is 0.465 e. The van der Waals surface area contributed by atoms with Crippen molar-refractivity contribution >= 4 is 5.97 Å². The van der Waals surface area contributed by atoms with Crippen molar-refractivity contribution in [2.24, 2.45) is 5.41 Å². The Balaban J connectivity index is 2.13. The summed E-state index contributed by atoms with van der Waals surface area (Å²) in [4.78, 5) is 11.7. The number of hydrogen-bond acceptors (Lipinski definition) is 4. The molecule has 0 aromatic carbocycles. The number of aliphatic hydroxyl groups is 1. The molecule has 3 fully saturated rings. The maximum absolute atomic E-state index is 11.7. The molecule has 14 heavy (non-hydrogen) atoms. The zero-order valence-electron chi connectivity index (χ0n) is 8.58. The average molecular weight is 200 g/mol. The molecule has 1 N–H and O–H groups in total. The lowest BCUT2D eigenvalue weighted by Gasteiger charge is -2.40. The van der Waals surface area contributed by atoms with Crippen molar-refractivity contribution in [2.75, 3.05) is 13.2 Å². The molecule has 4 nitrogen and oxygen atoms in total. The van der Waals surface area contributed by atoms with E-state index in [4.69, 9.17) is 14.6 Å². The minimum absolute atomic E-state index is 0.103. The number of carbonyl (C=O) groups excluding carboxylic acids is 1. The van der Waals surface area contributed by atoms with Crippen LogP contribution < -0.4 is 0 Å². The number of aliphatic hydroxyl groups excluding tert-OH is 1. The van der Waals surface area contributed by atoms with Gasteiger partial charge in [-0.1, -0.05) is 0 Å². The number of fused-ring (bicyclic) bond motifs is 1. The Kier molecular flexibility index (Phi) is 2.08. The van der Waals surface area contributed by atoms with Crippen LogP contribution in [-0.4, -0.2) is 36.0 Å². The maximum Gasteiger partial charge on any atom is 0.315 e. The summed E-state index contributed by atoms with van der Waals surface area (Å²) in [6, 6.07) is 0. The van der Waals surface area contributed by atoms with Crippen molar-refractivity contribution in [3.8, 4) is 0 Å². The van der Waals surface area contributed by atoms with Crippen molar-refractivity contribution in [1.29, 1.82) is 0 Å². The highest BCUT2D eigenvalue weighted by Gasteiger charge is 2.70. The number of esters is 1. The molecule has 0 aromatic rings. The van der Waals surface area contributed by atoms with Crippen LogP contribution in [0.2, 0.25) is 0 Å². The molecule has 0 radical (unpaired) electrons. The van der Waals surface area contributed by atoms with Gasteiger partial charge in [-0.15, -0.1) is 0 Å². The van der Waals surface area contributed by atoms with E-state index < -0.39 is 5.41 Å². The van der Waals surface area contributed by atoms with Gasteiger partial charge in [-0.05, 0) is 26.7 Å². The molecule has 80 valence electrons. The molecule has 2 saturated heterocycles. The van der Waals surface area contributed by atoms with Gasteiger partial charge in [-0.2, -0.15) is 0 Å². The summed E-state index contributed by atoms with van der Waals surface area (Å²) in [6.45, 7) is 4.04. The predicted octanol–water partition coefficient (Wildman–Crippen LogP) is 0.480. The van der Waals surface area contributed by atoms with Crippen LogP contribution in [0.1, 0.15) is 26.7 Å². The predicted molar refractivity (Wildman–Crippen MR) is 48.7 cm³/mol. The summed E-state index contributed by atoms with van der Waals surface area (Å²) in [7, 11) is 0. The normalized spacial score (nSPS) is 44.6. The highest BCUT2D eigenvalue weighted by Crippen LogP contribution is 2.61. The zero-order chi connectivity index (χ0) is 10.4. The highest BCUT2D eigenvalue weighted by atomic mass is 16.6. The molecular weight excluding hydrogens is 184 g/mol. The first-order valence-corrected chi connectivity index (χ1v) is 5.02. The lowest BCUT2D eigenvalue weighted by Crippen LogP contribution is -2.50. The SMILES string of the molecule is CCOC(=O)C12CC(C)(C1)OC2CO. The van der Waals surface area contributed by atoms with E-state index in [2.05, 4.69) is 0 Å². The second-order valence-electron chi connectivity index (χ2n) is 4.47. The van der Waals surface area contributed by atoms with Crippen LogP contribution in [0, 0.1) is 5.41 Å². The molecule has 0 spiro atoms. The molecule has 1 atom stereocenters. The van der Waals surface area contributed by atoms with Crippen molar-refractivity contribution in [3.05, 3.63) is 0 Å². The third-order valence-electron chi connectivity index (χ3n) is 3.27. The molecule has 3 rings (SSSR count). The van der Waals surface area contributed by atoms with Gasteiger partial charge in [-0.3, -0.25) is 4.79 Å². The Hall–Kier alpha value is -0.610. The van der Waals surface area contributed by atoms with Crippen LogP contribution in [0.5, 0.6) is 0 Å². The average Bonchev–Trinajstić information content (AvgIpc) is 2.53. The fourth-order valence-electron chi connectivity index (χ4n) is 2.81. The van der Waals surface area contributed by atoms with E-state index in [9.17, 15) is 4.79 Å². The van der Waals surface area contributed by atoms with E-state index in [1.165, 1.54) is 0 Å². The molecule has 0 amide bonds. The monoisotopic (exact) mass is 200 g/mol. The molecule has 1 unspecified atom stereocenters. The zero-order valence-corrected chi connectivity index (χ0v) is 8.58. The minimum Gasteiger partial charge on any atom is -0.465 e. The maximum atomic E-state index is 11.7. The van der Waals surface area contributed by atoms with E-state index in [1.807, 2.05) is 6.92 Å². The van der Waals surface area contributed by atoms with Crippen molar-refractivity contribution in [1.82, 2.24) is 0 Å². The van der Waals surface area contributed by atoms with Crippen LogP contribution >= 0.6 is 0 Å². The van der Waals surface area contributed by atoms with E-state index in [-0.39, 0.29) is 24.3 Å². The van der Waals surface area contributed by atoms with E-state index in [0.29, 0.717) is 19.4 Å². The third-order valence-corrected chi connectivity index (χ3v) is 3.27. The minimum atomic E-state index is -0.556. The Morgan fingerprint density at radius 2 is 2.29 bits per heavy atom. The summed E-state index contributed by atoms with van der Waals surface area (Å²) in [6.07, 6.45) is 1.00. The number of rotatable bonds is 3. The second kappa shape index (κ2) is 2.94. The van der Waals surface area contributed by atoms with Crippen molar-refractivity contribution in [3.63, 3.8) is 0 Å². The van der Waals surface area contributed by atoms with Crippen LogP contribution in [0.3, 0.4) is 0 Å². The van der Waals surface area contributed by atoms with Gasteiger partial charge in [0.05, 0.1) is 24.9 Å². The summed E-state index contributed by atoms with van der Waals surface area (Å²) in [5, 5.41) is 9.13. The molecule has 1 saturated carbocycles. The van der Waals surface area contributed by atoms with Gasteiger partial charge < -0.3 is 14.6 Å². The van der Waals surface area contributed by atoms with E-state index >= 15 is 0 Å². The standard InChI is InChI=1S/C10H16O4/c1-3-13-8(12)10-5-9(2,6-10)14-7(10)4-11/h7,11H,3-6H2,1-2H3. The Labute approximate surface area is 83.2 Å². The van der Waals surface area contributed by atoms with Gasteiger partial charge in [0.25, 0.3) is 0 Å². The highest BCUT2D eigenvalue weighted by molar-refractivity contribution is 5.80. The lowest BCUT2D eigenvalue weighted by atomic mass is 9.61. The first-order valence-electron chi connectivity index (χ1n) is 5.02. The Bertz CT molecular complexity index is 255. The molecule has 2 bridgehead atoms. The molecule has 4 heteroatoms. The smallest absolute Gasteiger partial charge is 0.315 e. The van der Waals surface area contributed by atoms with Gasteiger partial charge >= 0.3 is 5.97 Å². The van der Waals surface area contributed by atoms with Crippen LogP contribution in [0.4, 0.5) is 0 Å². The number of hydrogen-bond donors (Lipinski definition) is 1. The van der Waals surface area contributed by atoms with Crippen LogP contribution in [-0.2, 0) is 14.3 Å². The quantitative estimate of drug-likeness (QED) is 0.673. The fourth-order valence-corrected chi connectivity index (χ4v) is 2.81. The Morgan fingerprint density at radius 1 is 1.64 bits per heavy atom.